The summed E-state index contributed by atoms with van der Waals surface area (Å²) in [6.45, 7) is 6.49. The summed E-state index contributed by atoms with van der Waals surface area (Å²) >= 11 is 0. The number of fused-ring (bicyclic) bond motifs is 3. The van der Waals surface area contributed by atoms with Crippen LogP contribution in [-0.2, 0) is 11.3 Å². The first-order valence-corrected chi connectivity index (χ1v) is 12.4. The summed E-state index contributed by atoms with van der Waals surface area (Å²) < 4.78 is 33.4. The van der Waals surface area contributed by atoms with Gasteiger partial charge >= 0.3 is 0 Å². The Labute approximate surface area is 220 Å². The Morgan fingerprint density at radius 3 is 2.71 bits per heavy atom. The first kappa shape index (κ1) is 25.2. The third-order valence-corrected chi connectivity index (χ3v) is 6.24. The van der Waals surface area contributed by atoms with Gasteiger partial charge in [0.1, 0.15) is 47.0 Å². The van der Waals surface area contributed by atoms with Crippen molar-refractivity contribution >= 4 is 16.9 Å². The molecule has 3 heterocycles. The lowest BCUT2D eigenvalue weighted by atomic mass is 10.1. The van der Waals surface area contributed by atoms with Gasteiger partial charge in [0.25, 0.3) is 0 Å². The summed E-state index contributed by atoms with van der Waals surface area (Å²) in [4.78, 5) is 8.70. The van der Waals surface area contributed by atoms with Crippen LogP contribution in [0.3, 0.4) is 0 Å². The standard InChI is InChI=1S/C30H29FN4O3/c1-4-6-21(31)10-9-19(2)16-37-24-7-5-8-25(15-24)38-23-13-11-22(12-14-23)35-26-17-36-20(3)27(26)28-29(35)30(32)34-18-33-28/h4-15,18,20H,16-17H2,1-3H3,(H2,32,33,34)/b6-4-,19-9+,21-10+. The maximum Gasteiger partial charge on any atom is 0.151 e. The third kappa shape index (κ3) is 5.17. The molecule has 2 N–H and O–H groups in total. The van der Waals surface area contributed by atoms with Gasteiger partial charge in [0, 0.05) is 17.3 Å². The minimum atomic E-state index is -0.303. The molecule has 38 heavy (non-hydrogen) atoms. The molecule has 1 aliphatic heterocycles. The Balaban J connectivity index is 1.32. The fraction of sp³-hybridized carbons (Fsp3) is 0.200. The molecule has 1 aliphatic rings. The quantitative estimate of drug-likeness (QED) is 0.253. The van der Waals surface area contributed by atoms with E-state index in [1.165, 1.54) is 18.5 Å². The number of rotatable bonds is 8. The van der Waals surface area contributed by atoms with Gasteiger partial charge in [-0.15, -0.1) is 0 Å². The number of aromatic nitrogens is 3. The van der Waals surface area contributed by atoms with E-state index in [1.807, 2.05) is 62.4 Å². The summed E-state index contributed by atoms with van der Waals surface area (Å²) in [5.41, 5.74) is 11.8. The highest BCUT2D eigenvalue weighted by Crippen LogP contribution is 2.41. The summed E-state index contributed by atoms with van der Waals surface area (Å²) in [7, 11) is 0. The largest absolute Gasteiger partial charge is 0.489 e. The van der Waals surface area contributed by atoms with E-state index < -0.39 is 0 Å². The monoisotopic (exact) mass is 512 g/mol. The first-order valence-electron chi connectivity index (χ1n) is 12.4. The van der Waals surface area contributed by atoms with E-state index in [9.17, 15) is 4.39 Å². The van der Waals surface area contributed by atoms with Crippen molar-refractivity contribution in [2.45, 2.75) is 33.5 Å². The molecule has 4 aromatic rings. The van der Waals surface area contributed by atoms with E-state index >= 15 is 0 Å². The average molecular weight is 513 g/mol. The molecule has 5 rings (SSSR count). The van der Waals surface area contributed by atoms with E-state index in [0.29, 0.717) is 36.3 Å². The number of anilines is 1. The number of allylic oxidation sites excluding steroid dienone is 5. The van der Waals surface area contributed by atoms with Crippen LogP contribution < -0.4 is 15.2 Å². The van der Waals surface area contributed by atoms with E-state index in [-0.39, 0.29) is 11.9 Å². The molecule has 0 saturated carbocycles. The summed E-state index contributed by atoms with van der Waals surface area (Å²) in [6.07, 6.45) is 7.61. The topological polar surface area (TPSA) is 84.4 Å². The van der Waals surface area contributed by atoms with Crippen molar-refractivity contribution in [1.29, 1.82) is 0 Å². The summed E-state index contributed by atoms with van der Waals surface area (Å²) in [5, 5.41) is 0. The fourth-order valence-corrected chi connectivity index (χ4v) is 4.45. The zero-order valence-corrected chi connectivity index (χ0v) is 21.5. The van der Waals surface area contributed by atoms with Gasteiger partial charge in [-0.25, -0.2) is 14.4 Å². The van der Waals surface area contributed by atoms with Crippen LogP contribution in [-0.4, -0.2) is 21.1 Å². The Kier molecular flexibility index (Phi) is 7.24. The second-order valence-electron chi connectivity index (χ2n) is 9.03. The van der Waals surface area contributed by atoms with Crippen molar-refractivity contribution in [2.75, 3.05) is 12.3 Å². The first-order chi connectivity index (χ1) is 18.4. The molecule has 0 bridgehead atoms. The van der Waals surface area contributed by atoms with Crippen molar-refractivity contribution in [3.8, 4) is 22.9 Å². The zero-order chi connectivity index (χ0) is 26.6. The molecule has 0 radical (unpaired) electrons. The van der Waals surface area contributed by atoms with Gasteiger partial charge in [-0.1, -0.05) is 18.2 Å². The lowest BCUT2D eigenvalue weighted by Gasteiger charge is -2.12. The van der Waals surface area contributed by atoms with E-state index in [4.69, 9.17) is 19.9 Å². The Bertz CT molecular complexity index is 1550. The summed E-state index contributed by atoms with van der Waals surface area (Å²) in [6, 6.07) is 15.1. The molecule has 2 aromatic carbocycles. The second-order valence-corrected chi connectivity index (χ2v) is 9.03. The highest BCUT2D eigenvalue weighted by Gasteiger charge is 2.30. The number of hydrogen-bond acceptors (Lipinski definition) is 6. The molecule has 1 atom stereocenters. The maximum absolute atomic E-state index is 13.5. The van der Waals surface area contributed by atoms with Gasteiger partial charge < -0.3 is 24.5 Å². The van der Waals surface area contributed by atoms with Crippen LogP contribution >= 0.6 is 0 Å². The van der Waals surface area contributed by atoms with Gasteiger partial charge in [-0.05, 0) is 74.9 Å². The highest BCUT2D eigenvalue weighted by atomic mass is 19.1. The number of nitrogen functional groups attached to an aromatic ring is 1. The SMILES string of the molecule is C\C=C/C(F)=C\C=C(/C)COc1cccc(Oc2ccc(-n3c4c(c5ncnc(N)c53)C(C)OC4)cc2)c1. The van der Waals surface area contributed by atoms with Crippen LogP contribution in [0.1, 0.15) is 38.1 Å². The van der Waals surface area contributed by atoms with Gasteiger partial charge in [0.2, 0.25) is 0 Å². The van der Waals surface area contributed by atoms with Crippen LogP contribution in [0.25, 0.3) is 16.7 Å². The molecule has 0 amide bonds. The second kappa shape index (κ2) is 10.9. The number of hydrogen-bond donors (Lipinski definition) is 1. The zero-order valence-electron chi connectivity index (χ0n) is 21.5. The molecular formula is C30H29FN4O3. The number of benzene rings is 2. The van der Waals surface area contributed by atoms with Crippen molar-refractivity contribution in [2.24, 2.45) is 0 Å². The van der Waals surface area contributed by atoms with Crippen molar-refractivity contribution in [1.82, 2.24) is 14.5 Å². The molecular weight excluding hydrogens is 483 g/mol. The smallest absolute Gasteiger partial charge is 0.151 e. The fourth-order valence-electron chi connectivity index (χ4n) is 4.45. The van der Waals surface area contributed by atoms with Gasteiger partial charge in [0.05, 0.1) is 18.4 Å². The number of ether oxygens (including phenoxy) is 3. The van der Waals surface area contributed by atoms with Gasteiger partial charge in [0.15, 0.2) is 5.82 Å². The van der Waals surface area contributed by atoms with E-state index in [2.05, 4.69) is 14.5 Å². The lowest BCUT2D eigenvalue weighted by Crippen LogP contribution is -2.03. The molecule has 1 unspecified atom stereocenters. The average Bonchev–Trinajstić information content (AvgIpc) is 3.46. The lowest BCUT2D eigenvalue weighted by molar-refractivity contribution is 0.0783. The van der Waals surface area contributed by atoms with Crippen LogP contribution in [0.15, 0.2) is 90.6 Å². The molecule has 194 valence electrons. The van der Waals surface area contributed by atoms with Gasteiger partial charge in [-0.2, -0.15) is 0 Å². The maximum atomic E-state index is 13.5. The molecule has 0 aliphatic carbocycles. The minimum Gasteiger partial charge on any atom is -0.489 e. The van der Waals surface area contributed by atoms with Gasteiger partial charge in [-0.3, -0.25) is 0 Å². The Morgan fingerprint density at radius 2 is 1.92 bits per heavy atom. The van der Waals surface area contributed by atoms with E-state index in [0.717, 1.165) is 33.6 Å². The molecule has 7 nitrogen and oxygen atoms in total. The number of halogens is 1. The number of nitrogens with two attached hydrogens (primary N) is 1. The van der Waals surface area contributed by atoms with Crippen molar-refractivity contribution in [3.05, 3.63) is 102 Å². The van der Waals surface area contributed by atoms with E-state index in [1.54, 1.807) is 19.1 Å². The number of nitrogens with zero attached hydrogens (tertiary/aromatic N) is 3. The highest BCUT2D eigenvalue weighted by molar-refractivity contribution is 5.91. The normalized spacial score (nSPS) is 15.8. The van der Waals surface area contributed by atoms with Crippen LogP contribution in [0.2, 0.25) is 0 Å². The molecule has 2 aromatic heterocycles. The Morgan fingerprint density at radius 1 is 1.13 bits per heavy atom. The Hall–Kier alpha value is -4.43. The molecule has 8 heteroatoms. The third-order valence-electron chi connectivity index (χ3n) is 6.24. The molecule has 0 fully saturated rings. The summed E-state index contributed by atoms with van der Waals surface area (Å²) in [5.74, 6) is 2.10. The molecule has 0 spiro atoms. The van der Waals surface area contributed by atoms with Crippen molar-refractivity contribution in [3.63, 3.8) is 0 Å². The predicted octanol–water partition coefficient (Wildman–Crippen LogP) is 7.14. The van der Waals surface area contributed by atoms with Crippen molar-refractivity contribution < 1.29 is 18.6 Å². The molecule has 0 saturated heterocycles. The van der Waals surface area contributed by atoms with Crippen LogP contribution in [0.4, 0.5) is 10.2 Å². The minimum absolute atomic E-state index is 0.0599. The van der Waals surface area contributed by atoms with Crippen LogP contribution in [0, 0.1) is 0 Å². The van der Waals surface area contributed by atoms with Crippen LogP contribution in [0.5, 0.6) is 17.2 Å². The predicted molar refractivity (Wildman–Crippen MR) is 146 cm³/mol.